The Morgan fingerprint density at radius 2 is 2.42 bits per heavy atom. The Labute approximate surface area is 119 Å². The highest BCUT2D eigenvalue weighted by molar-refractivity contribution is 9.10. The monoisotopic (exact) mass is 330 g/mol. The van der Waals surface area contributed by atoms with E-state index in [2.05, 4.69) is 26.6 Å². The van der Waals surface area contributed by atoms with Gasteiger partial charge in [0.2, 0.25) is 5.91 Å². The molecule has 4 nitrogen and oxygen atoms in total. The lowest BCUT2D eigenvalue weighted by Crippen LogP contribution is -2.40. The summed E-state index contributed by atoms with van der Waals surface area (Å²) in [4.78, 5) is 11.9. The van der Waals surface area contributed by atoms with Crippen LogP contribution in [-0.4, -0.2) is 31.7 Å². The van der Waals surface area contributed by atoms with Crippen LogP contribution in [0.1, 0.15) is 12.0 Å². The number of rotatable bonds is 4. The minimum absolute atomic E-state index is 0.0802. The molecule has 1 aliphatic heterocycles. The molecule has 1 aliphatic rings. The number of hydrogen-bond donors (Lipinski definition) is 2. The summed E-state index contributed by atoms with van der Waals surface area (Å²) >= 11 is 3.33. The van der Waals surface area contributed by atoms with Crippen LogP contribution in [0, 0.1) is 5.82 Å². The lowest BCUT2D eigenvalue weighted by Gasteiger charge is -2.12. The number of nitrogens with one attached hydrogen (secondary N) is 2. The molecule has 104 valence electrons. The molecule has 0 bridgehead atoms. The van der Waals surface area contributed by atoms with Crippen molar-refractivity contribution in [2.75, 3.05) is 13.7 Å². The van der Waals surface area contributed by atoms with Crippen LogP contribution in [0.25, 0.3) is 0 Å². The van der Waals surface area contributed by atoms with E-state index >= 15 is 0 Å². The number of halogens is 2. The van der Waals surface area contributed by atoms with Crippen molar-refractivity contribution in [3.05, 3.63) is 34.1 Å². The molecule has 2 atom stereocenters. The van der Waals surface area contributed by atoms with Crippen molar-refractivity contribution in [2.45, 2.75) is 25.1 Å². The Morgan fingerprint density at radius 1 is 1.63 bits per heavy atom. The van der Waals surface area contributed by atoms with Gasteiger partial charge in [-0.25, -0.2) is 4.39 Å². The van der Waals surface area contributed by atoms with Gasteiger partial charge in [0, 0.05) is 24.7 Å². The molecule has 1 saturated heterocycles. The Hall–Kier alpha value is -0.980. The number of methoxy groups -OCH3 is 1. The molecule has 0 radical (unpaired) electrons. The minimum Gasteiger partial charge on any atom is -0.380 e. The first-order chi connectivity index (χ1) is 9.10. The largest absolute Gasteiger partial charge is 0.380 e. The summed E-state index contributed by atoms with van der Waals surface area (Å²) in [6.45, 7) is 0.977. The molecule has 0 saturated carbocycles. The van der Waals surface area contributed by atoms with Gasteiger partial charge in [-0.15, -0.1) is 0 Å². The quantitative estimate of drug-likeness (QED) is 0.881. The first-order valence-corrected chi connectivity index (χ1v) is 6.87. The van der Waals surface area contributed by atoms with Gasteiger partial charge in [0.1, 0.15) is 5.82 Å². The molecule has 1 amide bonds. The maximum atomic E-state index is 13.1. The van der Waals surface area contributed by atoms with Crippen LogP contribution in [0.4, 0.5) is 4.39 Å². The standard InChI is InChI=1S/C13H16BrFN2O2/c1-19-10-5-12(16-7-10)13(18)17-6-8-4-9(15)2-3-11(8)14/h2-4,10,12,16H,5-7H2,1H3,(H,17,18). The van der Waals surface area contributed by atoms with Crippen LogP contribution in [-0.2, 0) is 16.1 Å². The average molecular weight is 331 g/mol. The second-order valence-corrected chi connectivity index (χ2v) is 5.36. The second kappa shape index (κ2) is 6.45. The smallest absolute Gasteiger partial charge is 0.237 e. The molecule has 19 heavy (non-hydrogen) atoms. The zero-order valence-corrected chi connectivity index (χ0v) is 12.2. The summed E-state index contributed by atoms with van der Waals surface area (Å²) in [7, 11) is 1.64. The van der Waals surface area contributed by atoms with E-state index in [1.165, 1.54) is 12.1 Å². The van der Waals surface area contributed by atoms with E-state index in [0.29, 0.717) is 19.5 Å². The fourth-order valence-corrected chi connectivity index (χ4v) is 2.45. The van der Waals surface area contributed by atoms with E-state index in [0.717, 1.165) is 10.0 Å². The molecule has 2 N–H and O–H groups in total. The summed E-state index contributed by atoms with van der Waals surface area (Å²) in [6, 6.07) is 4.17. The minimum atomic E-state index is -0.314. The van der Waals surface area contributed by atoms with Gasteiger partial charge < -0.3 is 15.4 Å². The molecular formula is C13H16BrFN2O2. The maximum Gasteiger partial charge on any atom is 0.237 e. The first kappa shape index (κ1) is 14.4. The van der Waals surface area contributed by atoms with Crippen molar-refractivity contribution in [3.8, 4) is 0 Å². The number of amides is 1. The number of ether oxygens (including phenoxy) is 1. The van der Waals surface area contributed by atoms with Crippen molar-refractivity contribution in [1.29, 1.82) is 0 Å². The normalized spacial score (nSPS) is 22.5. The fraction of sp³-hybridized carbons (Fsp3) is 0.462. The fourth-order valence-electron chi connectivity index (χ4n) is 2.07. The zero-order chi connectivity index (χ0) is 13.8. The predicted octanol–water partition coefficient (Wildman–Crippen LogP) is 1.58. The Morgan fingerprint density at radius 3 is 3.11 bits per heavy atom. The SMILES string of the molecule is COC1CNC(C(=O)NCc2cc(F)ccc2Br)C1. The molecule has 1 fully saturated rings. The number of carbonyl (C=O) groups excluding carboxylic acids is 1. The van der Waals surface area contributed by atoms with Gasteiger partial charge in [0.05, 0.1) is 12.1 Å². The first-order valence-electron chi connectivity index (χ1n) is 6.08. The van der Waals surface area contributed by atoms with E-state index in [9.17, 15) is 9.18 Å². The summed E-state index contributed by atoms with van der Waals surface area (Å²) in [5, 5.41) is 5.90. The molecule has 1 aromatic rings. The van der Waals surface area contributed by atoms with Gasteiger partial charge in [-0.2, -0.15) is 0 Å². The van der Waals surface area contributed by atoms with Gasteiger partial charge >= 0.3 is 0 Å². The van der Waals surface area contributed by atoms with Gasteiger partial charge in [-0.3, -0.25) is 4.79 Å². The third-order valence-electron chi connectivity index (χ3n) is 3.20. The lowest BCUT2D eigenvalue weighted by atomic mass is 10.1. The topological polar surface area (TPSA) is 50.4 Å². The van der Waals surface area contributed by atoms with Crippen molar-refractivity contribution >= 4 is 21.8 Å². The third kappa shape index (κ3) is 3.75. The Kier molecular flexibility index (Phi) is 4.90. The Balaban J connectivity index is 1.88. The molecule has 2 rings (SSSR count). The summed E-state index contributed by atoms with van der Waals surface area (Å²) in [5.74, 6) is -0.401. The molecule has 1 aromatic carbocycles. The van der Waals surface area contributed by atoms with Crippen LogP contribution in [0.3, 0.4) is 0 Å². The van der Waals surface area contributed by atoms with Crippen molar-refractivity contribution in [2.24, 2.45) is 0 Å². The highest BCUT2D eigenvalue weighted by atomic mass is 79.9. The van der Waals surface area contributed by atoms with E-state index in [-0.39, 0.29) is 23.9 Å². The van der Waals surface area contributed by atoms with Crippen LogP contribution >= 0.6 is 15.9 Å². The Bertz CT molecular complexity index is 470. The number of hydrogen-bond acceptors (Lipinski definition) is 3. The summed E-state index contributed by atoms with van der Waals surface area (Å²) < 4.78 is 19.1. The number of benzene rings is 1. The van der Waals surface area contributed by atoms with E-state index in [1.54, 1.807) is 13.2 Å². The predicted molar refractivity (Wildman–Crippen MR) is 73.2 cm³/mol. The van der Waals surface area contributed by atoms with Crippen LogP contribution in [0.5, 0.6) is 0 Å². The van der Waals surface area contributed by atoms with E-state index in [1.807, 2.05) is 0 Å². The second-order valence-electron chi connectivity index (χ2n) is 4.51. The third-order valence-corrected chi connectivity index (χ3v) is 3.97. The molecule has 1 heterocycles. The highest BCUT2D eigenvalue weighted by Gasteiger charge is 2.29. The molecule has 0 aliphatic carbocycles. The molecular weight excluding hydrogens is 315 g/mol. The lowest BCUT2D eigenvalue weighted by molar-refractivity contribution is -0.123. The number of carbonyl (C=O) groups is 1. The van der Waals surface area contributed by atoms with E-state index < -0.39 is 0 Å². The van der Waals surface area contributed by atoms with Crippen LogP contribution < -0.4 is 10.6 Å². The van der Waals surface area contributed by atoms with Crippen LogP contribution in [0.15, 0.2) is 22.7 Å². The van der Waals surface area contributed by atoms with Gasteiger partial charge in [0.15, 0.2) is 0 Å². The van der Waals surface area contributed by atoms with Crippen molar-refractivity contribution < 1.29 is 13.9 Å². The van der Waals surface area contributed by atoms with Gasteiger partial charge in [-0.1, -0.05) is 15.9 Å². The maximum absolute atomic E-state index is 13.1. The summed E-state index contributed by atoms with van der Waals surface area (Å²) in [6.07, 6.45) is 0.740. The molecule has 0 spiro atoms. The highest BCUT2D eigenvalue weighted by Crippen LogP contribution is 2.18. The molecule has 0 aromatic heterocycles. The van der Waals surface area contributed by atoms with Gasteiger partial charge in [0.25, 0.3) is 0 Å². The average Bonchev–Trinajstić information content (AvgIpc) is 2.88. The summed E-state index contributed by atoms with van der Waals surface area (Å²) in [5.41, 5.74) is 0.717. The van der Waals surface area contributed by atoms with Gasteiger partial charge in [-0.05, 0) is 30.2 Å². The molecule has 2 unspecified atom stereocenters. The molecule has 6 heteroatoms. The van der Waals surface area contributed by atoms with Crippen molar-refractivity contribution in [1.82, 2.24) is 10.6 Å². The van der Waals surface area contributed by atoms with Crippen molar-refractivity contribution in [3.63, 3.8) is 0 Å². The van der Waals surface area contributed by atoms with E-state index in [4.69, 9.17) is 4.74 Å². The van der Waals surface area contributed by atoms with Crippen LogP contribution in [0.2, 0.25) is 0 Å². The zero-order valence-electron chi connectivity index (χ0n) is 10.6.